The van der Waals surface area contributed by atoms with Crippen LogP contribution in [-0.2, 0) is 4.79 Å². The number of hydrogen-bond donors (Lipinski definition) is 1. The number of benzene rings is 2. The molecule has 1 aromatic heterocycles. The standard InChI is InChI=1S/C18H14ClN3O4S/c1-11-17(12-5-4-6-13(19)9-12)21-18(27-11)20-16(23)10-26-15-8-3-2-7-14(15)22(24)25/h2-9H,10H2,1H3,(H,20,21,23). The Balaban J connectivity index is 1.67. The van der Waals surface area contributed by atoms with Crippen molar-refractivity contribution in [2.24, 2.45) is 0 Å². The predicted molar refractivity (Wildman–Crippen MR) is 105 cm³/mol. The Bertz CT molecular complexity index is 1010. The van der Waals surface area contributed by atoms with Crippen molar-refractivity contribution in [1.29, 1.82) is 0 Å². The third kappa shape index (κ3) is 4.60. The van der Waals surface area contributed by atoms with Crippen LogP contribution in [0.4, 0.5) is 10.8 Å². The molecule has 0 bridgehead atoms. The molecule has 1 amide bonds. The van der Waals surface area contributed by atoms with Crippen molar-refractivity contribution >= 4 is 39.7 Å². The molecule has 9 heteroatoms. The second-order valence-corrected chi connectivity index (χ2v) is 7.14. The molecule has 3 rings (SSSR count). The largest absolute Gasteiger partial charge is 0.477 e. The zero-order valence-corrected chi connectivity index (χ0v) is 15.7. The topological polar surface area (TPSA) is 94.4 Å². The van der Waals surface area contributed by atoms with Crippen LogP contribution >= 0.6 is 22.9 Å². The van der Waals surface area contributed by atoms with Crippen molar-refractivity contribution in [1.82, 2.24) is 4.98 Å². The van der Waals surface area contributed by atoms with E-state index in [1.165, 1.54) is 29.5 Å². The second-order valence-electron chi connectivity index (χ2n) is 5.50. The molecular weight excluding hydrogens is 390 g/mol. The van der Waals surface area contributed by atoms with Gasteiger partial charge in [0.15, 0.2) is 17.5 Å². The molecule has 1 N–H and O–H groups in total. The number of hydrogen-bond acceptors (Lipinski definition) is 6. The maximum absolute atomic E-state index is 12.1. The lowest BCUT2D eigenvalue weighted by molar-refractivity contribution is -0.385. The molecule has 0 spiro atoms. The minimum Gasteiger partial charge on any atom is -0.477 e. The smallest absolute Gasteiger partial charge is 0.310 e. The van der Waals surface area contributed by atoms with Crippen LogP contribution in [0.1, 0.15) is 4.88 Å². The minimum absolute atomic E-state index is 0.0348. The van der Waals surface area contributed by atoms with E-state index in [9.17, 15) is 14.9 Å². The number of nitrogens with one attached hydrogen (secondary N) is 1. The van der Waals surface area contributed by atoms with E-state index >= 15 is 0 Å². The van der Waals surface area contributed by atoms with Gasteiger partial charge < -0.3 is 4.74 Å². The molecule has 0 unspecified atom stereocenters. The highest BCUT2D eigenvalue weighted by molar-refractivity contribution is 7.16. The first-order chi connectivity index (χ1) is 12.9. The Kier molecular flexibility index (Phi) is 5.68. The molecule has 0 radical (unpaired) electrons. The number of para-hydroxylation sites is 2. The Morgan fingerprint density at radius 3 is 2.81 bits per heavy atom. The predicted octanol–water partition coefficient (Wildman–Crippen LogP) is 4.70. The molecule has 2 aromatic carbocycles. The molecule has 0 atom stereocenters. The first kappa shape index (κ1) is 18.8. The van der Waals surface area contributed by atoms with E-state index in [1.54, 1.807) is 18.2 Å². The summed E-state index contributed by atoms with van der Waals surface area (Å²) in [7, 11) is 0. The van der Waals surface area contributed by atoms with Crippen LogP contribution < -0.4 is 10.1 Å². The minimum atomic E-state index is -0.561. The summed E-state index contributed by atoms with van der Waals surface area (Å²) in [6.07, 6.45) is 0. The number of halogens is 1. The van der Waals surface area contributed by atoms with Gasteiger partial charge in [0.05, 0.1) is 10.6 Å². The van der Waals surface area contributed by atoms with Gasteiger partial charge in [-0.1, -0.05) is 35.9 Å². The number of rotatable bonds is 6. The number of carbonyl (C=O) groups is 1. The summed E-state index contributed by atoms with van der Waals surface area (Å²) < 4.78 is 5.28. The van der Waals surface area contributed by atoms with Gasteiger partial charge in [0, 0.05) is 21.5 Å². The van der Waals surface area contributed by atoms with E-state index in [-0.39, 0.29) is 18.0 Å². The van der Waals surface area contributed by atoms with Crippen molar-refractivity contribution in [3.63, 3.8) is 0 Å². The number of nitro benzene ring substituents is 1. The van der Waals surface area contributed by atoms with Gasteiger partial charge in [-0.25, -0.2) is 4.98 Å². The third-order valence-corrected chi connectivity index (χ3v) is 4.68. The number of aryl methyl sites for hydroxylation is 1. The number of nitrogens with zero attached hydrogens (tertiary/aromatic N) is 2. The molecule has 0 aliphatic carbocycles. The van der Waals surface area contributed by atoms with E-state index in [2.05, 4.69) is 10.3 Å². The summed E-state index contributed by atoms with van der Waals surface area (Å²) >= 11 is 7.34. The van der Waals surface area contributed by atoms with Gasteiger partial charge in [0.2, 0.25) is 0 Å². The van der Waals surface area contributed by atoms with E-state index in [4.69, 9.17) is 16.3 Å². The number of carbonyl (C=O) groups excluding carboxylic acids is 1. The molecule has 0 fully saturated rings. The molecule has 7 nitrogen and oxygen atoms in total. The van der Waals surface area contributed by atoms with E-state index < -0.39 is 10.8 Å². The molecular formula is C18H14ClN3O4S. The first-order valence-electron chi connectivity index (χ1n) is 7.83. The summed E-state index contributed by atoms with van der Waals surface area (Å²) in [6, 6.07) is 13.2. The van der Waals surface area contributed by atoms with E-state index in [0.717, 1.165) is 16.1 Å². The summed E-state index contributed by atoms with van der Waals surface area (Å²) in [4.78, 5) is 27.9. The maximum Gasteiger partial charge on any atom is 0.310 e. The SMILES string of the molecule is Cc1sc(NC(=O)COc2ccccc2[N+](=O)[O-])nc1-c1cccc(Cl)c1. The average molecular weight is 404 g/mol. The lowest BCUT2D eigenvalue weighted by atomic mass is 10.1. The molecule has 27 heavy (non-hydrogen) atoms. The molecule has 0 saturated carbocycles. The van der Waals surface area contributed by atoms with Crippen molar-refractivity contribution < 1.29 is 14.5 Å². The number of thiazole rings is 1. The zero-order chi connectivity index (χ0) is 19.4. The van der Waals surface area contributed by atoms with Crippen molar-refractivity contribution in [3.05, 3.63) is 68.5 Å². The van der Waals surface area contributed by atoms with Gasteiger partial charge in [-0.05, 0) is 25.1 Å². The van der Waals surface area contributed by atoms with Gasteiger partial charge in [-0.3, -0.25) is 20.2 Å². The molecule has 3 aromatic rings. The van der Waals surface area contributed by atoms with Crippen LogP contribution in [-0.4, -0.2) is 22.4 Å². The van der Waals surface area contributed by atoms with Crippen LogP contribution in [0.25, 0.3) is 11.3 Å². The van der Waals surface area contributed by atoms with Crippen molar-refractivity contribution in [3.8, 4) is 17.0 Å². The summed E-state index contributed by atoms with van der Waals surface area (Å²) in [5.74, 6) is -0.424. The Labute approximate surface area is 163 Å². The van der Waals surface area contributed by atoms with Crippen molar-refractivity contribution in [2.75, 3.05) is 11.9 Å². The molecule has 0 aliphatic heterocycles. The molecule has 0 saturated heterocycles. The fraction of sp³-hybridized carbons (Fsp3) is 0.111. The third-order valence-electron chi connectivity index (χ3n) is 3.56. The first-order valence-corrected chi connectivity index (χ1v) is 9.03. The van der Waals surface area contributed by atoms with Crippen LogP contribution in [0.3, 0.4) is 0 Å². The van der Waals surface area contributed by atoms with Crippen LogP contribution in [0.5, 0.6) is 5.75 Å². The zero-order valence-electron chi connectivity index (χ0n) is 14.1. The van der Waals surface area contributed by atoms with Gasteiger partial charge >= 0.3 is 5.69 Å². The number of anilines is 1. The average Bonchev–Trinajstić information content (AvgIpc) is 3.00. The highest BCUT2D eigenvalue weighted by Gasteiger charge is 2.16. The van der Waals surface area contributed by atoms with Crippen LogP contribution in [0.2, 0.25) is 5.02 Å². The number of nitro groups is 1. The van der Waals surface area contributed by atoms with Crippen LogP contribution in [0, 0.1) is 17.0 Å². The van der Waals surface area contributed by atoms with Gasteiger partial charge in [-0.2, -0.15) is 0 Å². The molecule has 1 heterocycles. The lowest BCUT2D eigenvalue weighted by Crippen LogP contribution is -2.20. The van der Waals surface area contributed by atoms with E-state index in [1.807, 2.05) is 19.1 Å². The monoisotopic (exact) mass is 403 g/mol. The summed E-state index contributed by atoms with van der Waals surface area (Å²) in [5.41, 5.74) is 1.39. The maximum atomic E-state index is 12.1. The van der Waals surface area contributed by atoms with E-state index in [0.29, 0.717) is 10.2 Å². The normalized spacial score (nSPS) is 10.4. The summed E-state index contributed by atoms with van der Waals surface area (Å²) in [5, 5.41) is 14.6. The van der Waals surface area contributed by atoms with Gasteiger partial charge in [0.1, 0.15) is 0 Å². The van der Waals surface area contributed by atoms with Crippen LogP contribution in [0.15, 0.2) is 48.5 Å². The lowest BCUT2D eigenvalue weighted by Gasteiger charge is -2.06. The fourth-order valence-corrected chi connectivity index (χ4v) is 3.42. The Hall–Kier alpha value is -2.97. The quantitative estimate of drug-likeness (QED) is 0.475. The highest BCUT2D eigenvalue weighted by atomic mass is 35.5. The van der Waals surface area contributed by atoms with Gasteiger partial charge in [0.25, 0.3) is 5.91 Å². The van der Waals surface area contributed by atoms with Gasteiger partial charge in [-0.15, -0.1) is 11.3 Å². The Morgan fingerprint density at radius 2 is 2.07 bits per heavy atom. The Morgan fingerprint density at radius 1 is 1.30 bits per heavy atom. The highest BCUT2D eigenvalue weighted by Crippen LogP contribution is 2.31. The number of ether oxygens (including phenoxy) is 1. The fourth-order valence-electron chi connectivity index (χ4n) is 2.38. The van der Waals surface area contributed by atoms with Crippen molar-refractivity contribution in [2.45, 2.75) is 6.92 Å². The second kappa shape index (κ2) is 8.15. The summed E-state index contributed by atoms with van der Waals surface area (Å²) in [6.45, 7) is 1.53. The molecule has 138 valence electrons. The number of aromatic nitrogens is 1. The number of amides is 1. The molecule has 0 aliphatic rings.